The van der Waals surface area contributed by atoms with Gasteiger partial charge in [-0.3, -0.25) is 4.57 Å². The van der Waals surface area contributed by atoms with Gasteiger partial charge in [0, 0.05) is 36.9 Å². The van der Waals surface area contributed by atoms with E-state index in [0.717, 1.165) is 27.6 Å². The Hall–Kier alpha value is -4.93. The lowest BCUT2D eigenvalue weighted by Gasteiger charge is -2.23. The van der Waals surface area contributed by atoms with Gasteiger partial charge < -0.3 is 0 Å². The van der Waals surface area contributed by atoms with E-state index in [4.69, 9.17) is 9.97 Å². The largest absolute Gasteiger partial charge is 0.278 e. The van der Waals surface area contributed by atoms with Gasteiger partial charge in [-0.15, -0.1) is 0 Å². The maximum Gasteiger partial charge on any atom is 0.235 e. The van der Waals surface area contributed by atoms with Crippen LogP contribution in [0.15, 0.2) is 125 Å². The molecule has 1 aliphatic heterocycles. The van der Waals surface area contributed by atoms with Crippen molar-refractivity contribution in [1.29, 1.82) is 0 Å². The molecule has 2 aromatic heterocycles. The molecule has 0 spiro atoms. The van der Waals surface area contributed by atoms with Crippen LogP contribution in [0, 0.1) is 0 Å². The molecule has 4 heteroatoms. The summed E-state index contributed by atoms with van der Waals surface area (Å²) in [5, 5.41) is 6.21. The first-order valence-corrected chi connectivity index (χ1v) is 15.6. The van der Waals surface area contributed by atoms with E-state index in [1.54, 1.807) is 11.8 Å². The van der Waals surface area contributed by atoms with Gasteiger partial charge in [0.25, 0.3) is 0 Å². The van der Waals surface area contributed by atoms with Crippen molar-refractivity contribution in [2.45, 2.75) is 29.1 Å². The second kappa shape index (κ2) is 8.12. The van der Waals surface area contributed by atoms with E-state index in [9.17, 15) is 0 Å². The van der Waals surface area contributed by atoms with E-state index in [-0.39, 0.29) is 5.41 Å². The molecule has 2 aliphatic rings. The second-order valence-corrected chi connectivity index (χ2v) is 13.3. The summed E-state index contributed by atoms with van der Waals surface area (Å²) in [6, 6.07) is 41.9. The summed E-state index contributed by atoms with van der Waals surface area (Å²) >= 11 is 1.80. The fourth-order valence-electron chi connectivity index (χ4n) is 7.77. The highest BCUT2D eigenvalue weighted by atomic mass is 32.2. The Balaban J connectivity index is 1.31. The van der Waals surface area contributed by atoms with E-state index >= 15 is 0 Å². The predicted octanol–water partition coefficient (Wildman–Crippen LogP) is 10.3. The number of hydrogen-bond acceptors (Lipinski definition) is 3. The predicted molar refractivity (Wildman–Crippen MR) is 179 cm³/mol. The average Bonchev–Trinajstić information content (AvgIpc) is 3.50. The number of aromatic nitrogens is 3. The lowest BCUT2D eigenvalue weighted by molar-refractivity contribution is 0.666. The van der Waals surface area contributed by atoms with Crippen molar-refractivity contribution in [2.75, 3.05) is 0 Å². The molecule has 6 aromatic carbocycles. The maximum atomic E-state index is 5.34. The number of para-hydroxylation sites is 1. The highest BCUT2D eigenvalue weighted by molar-refractivity contribution is 7.99. The smallest absolute Gasteiger partial charge is 0.235 e. The molecule has 0 radical (unpaired) electrons. The number of fused-ring (bicyclic) bond motifs is 11. The Kier molecular flexibility index (Phi) is 4.46. The van der Waals surface area contributed by atoms with Crippen molar-refractivity contribution < 1.29 is 0 Å². The lowest BCUT2D eigenvalue weighted by atomic mass is 9.80. The first kappa shape index (κ1) is 23.6. The van der Waals surface area contributed by atoms with Crippen molar-refractivity contribution in [2.24, 2.45) is 0 Å². The summed E-state index contributed by atoms with van der Waals surface area (Å²) < 4.78 is 2.27. The third-order valence-electron chi connectivity index (χ3n) is 9.59. The molecular formula is C39H25N3S. The molecule has 0 atom stereocenters. The molecule has 10 rings (SSSR count). The molecule has 0 fully saturated rings. The summed E-state index contributed by atoms with van der Waals surface area (Å²) in [6.45, 7) is 4.73. The van der Waals surface area contributed by atoms with Crippen LogP contribution in [-0.4, -0.2) is 14.5 Å². The number of benzene rings is 6. The van der Waals surface area contributed by atoms with Crippen LogP contribution in [0.3, 0.4) is 0 Å². The van der Waals surface area contributed by atoms with Crippen molar-refractivity contribution in [3.8, 4) is 28.3 Å². The second-order valence-electron chi connectivity index (χ2n) is 12.2. The van der Waals surface area contributed by atoms with Gasteiger partial charge in [0.15, 0.2) is 0 Å². The third-order valence-corrected chi connectivity index (χ3v) is 10.7. The summed E-state index contributed by atoms with van der Waals surface area (Å²) in [5.41, 5.74) is 10.8. The zero-order valence-electron chi connectivity index (χ0n) is 23.7. The van der Waals surface area contributed by atoms with Crippen molar-refractivity contribution in [3.05, 3.63) is 126 Å². The minimum Gasteiger partial charge on any atom is -0.278 e. The standard InChI is InChI=1S/C39H25N3S/c1-39(2)28-13-6-3-10-22(28)24-19-18-23-25(36(24)39)20-21-31-34(23)26-11-4-7-15-30(26)42(31)38-40-29-14-9-17-33-35(29)37(41-38)27-12-5-8-16-32(27)43-33/h3-21H,1-2H3. The SMILES string of the molecule is CC1(C)c2ccccc2-c2ccc3c(ccc4c3c3ccccc3n4-c3nc4c5c(cccc5n3)Sc3ccccc3-4)c21. The fourth-order valence-corrected chi connectivity index (χ4v) is 8.88. The number of nitrogens with zero attached hydrogens (tertiary/aromatic N) is 3. The average molecular weight is 568 g/mol. The summed E-state index contributed by atoms with van der Waals surface area (Å²) in [5.74, 6) is 0.709. The van der Waals surface area contributed by atoms with Crippen LogP contribution in [-0.2, 0) is 5.41 Å². The van der Waals surface area contributed by atoms with Crippen LogP contribution in [0.25, 0.3) is 71.8 Å². The quantitative estimate of drug-likeness (QED) is 0.198. The Morgan fingerprint density at radius 3 is 2.26 bits per heavy atom. The van der Waals surface area contributed by atoms with Gasteiger partial charge in [0.1, 0.15) is 0 Å². The number of rotatable bonds is 1. The van der Waals surface area contributed by atoms with Gasteiger partial charge in [-0.25, -0.2) is 9.97 Å². The summed E-state index contributed by atoms with van der Waals surface area (Å²) in [6.07, 6.45) is 0. The fraction of sp³-hybridized carbons (Fsp3) is 0.0769. The van der Waals surface area contributed by atoms with Crippen LogP contribution >= 0.6 is 11.8 Å². The molecule has 3 heterocycles. The normalized spacial score (nSPS) is 14.4. The first-order valence-electron chi connectivity index (χ1n) is 14.8. The minimum absolute atomic E-state index is 0.0787. The van der Waals surface area contributed by atoms with E-state index < -0.39 is 0 Å². The Bertz CT molecular complexity index is 2520. The van der Waals surface area contributed by atoms with E-state index in [1.165, 1.54) is 59.2 Å². The molecule has 0 bridgehead atoms. The van der Waals surface area contributed by atoms with Crippen LogP contribution in [0.2, 0.25) is 0 Å². The zero-order valence-corrected chi connectivity index (χ0v) is 24.5. The minimum atomic E-state index is -0.0787. The van der Waals surface area contributed by atoms with Crippen molar-refractivity contribution in [1.82, 2.24) is 14.5 Å². The Morgan fingerprint density at radius 2 is 1.33 bits per heavy atom. The highest BCUT2D eigenvalue weighted by Crippen LogP contribution is 2.53. The lowest BCUT2D eigenvalue weighted by Crippen LogP contribution is -2.15. The molecule has 43 heavy (non-hydrogen) atoms. The van der Waals surface area contributed by atoms with Crippen molar-refractivity contribution >= 4 is 55.2 Å². The molecule has 0 N–H and O–H groups in total. The monoisotopic (exact) mass is 567 g/mol. The molecule has 3 nitrogen and oxygen atoms in total. The molecule has 8 aromatic rings. The molecule has 0 unspecified atom stereocenters. The first-order chi connectivity index (χ1) is 21.1. The third kappa shape index (κ3) is 2.96. The molecule has 1 aliphatic carbocycles. The van der Waals surface area contributed by atoms with Gasteiger partial charge in [-0.1, -0.05) is 111 Å². The van der Waals surface area contributed by atoms with E-state index in [0.29, 0.717) is 5.95 Å². The Morgan fingerprint density at radius 1 is 0.558 bits per heavy atom. The number of hydrogen-bond donors (Lipinski definition) is 0. The van der Waals surface area contributed by atoms with Crippen molar-refractivity contribution in [3.63, 3.8) is 0 Å². The van der Waals surface area contributed by atoms with Crippen LogP contribution in [0.5, 0.6) is 0 Å². The van der Waals surface area contributed by atoms with Crippen LogP contribution in [0.1, 0.15) is 25.0 Å². The molecule has 0 saturated carbocycles. The molecule has 0 saturated heterocycles. The maximum absolute atomic E-state index is 5.34. The highest BCUT2D eigenvalue weighted by Gasteiger charge is 2.37. The van der Waals surface area contributed by atoms with Gasteiger partial charge in [-0.2, -0.15) is 0 Å². The van der Waals surface area contributed by atoms with Crippen LogP contribution in [0.4, 0.5) is 0 Å². The molecule has 202 valence electrons. The van der Waals surface area contributed by atoms with E-state index in [2.05, 4.69) is 134 Å². The van der Waals surface area contributed by atoms with Gasteiger partial charge >= 0.3 is 0 Å². The Labute approximate surface area is 252 Å². The van der Waals surface area contributed by atoms with Gasteiger partial charge in [-0.05, 0) is 63.4 Å². The summed E-state index contributed by atoms with van der Waals surface area (Å²) in [4.78, 5) is 13.0. The van der Waals surface area contributed by atoms with E-state index in [1.807, 2.05) is 0 Å². The van der Waals surface area contributed by atoms with Gasteiger partial charge in [0.05, 0.1) is 22.2 Å². The van der Waals surface area contributed by atoms with Crippen LogP contribution < -0.4 is 0 Å². The molecule has 0 amide bonds. The zero-order chi connectivity index (χ0) is 28.4. The molecular weight excluding hydrogens is 543 g/mol. The summed E-state index contributed by atoms with van der Waals surface area (Å²) in [7, 11) is 0. The topological polar surface area (TPSA) is 30.7 Å². The van der Waals surface area contributed by atoms with Gasteiger partial charge in [0.2, 0.25) is 5.95 Å².